The summed E-state index contributed by atoms with van der Waals surface area (Å²) < 4.78 is 0. The molecule has 3 heteroatoms. The van der Waals surface area contributed by atoms with Crippen molar-refractivity contribution in [1.29, 1.82) is 0 Å². The first-order chi connectivity index (χ1) is 7.75. The molecule has 0 fully saturated rings. The molecule has 0 radical (unpaired) electrons. The molecule has 0 aliphatic heterocycles. The van der Waals surface area contributed by atoms with E-state index in [1.807, 2.05) is 12.1 Å². The Bertz CT molecular complexity index is 443. The molecule has 88 valence electrons. The normalized spacial score (nSPS) is 10.1. The van der Waals surface area contributed by atoms with E-state index in [0.29, 0.717) is 0 Å². The summed E-state index contributed by atoms with van der Waals surface area (Å²) in [5, 5.41) is 2.55. The Labute approximate surface area is 112 Å². The van der Waals surface area contributed by atoms with Crippen LogP contribution >= 0.6 is 9.53 Å². The first-order valence-electron chi connectivity index (χ1n) is 4.91. The van der Waals surface area contributed by atoms with Crippen molar-refractivity contribution in [3.63, 3.8) is 0 Å². The first-order valence-corrected chi connectivity index (χ1v) is 6.91. The Kier molecular flexibility index (Phi) is 6.02. The van der Waals surface area contributed by atoms with Crippen LogP contribution in [0.4, 0.5) is 0 Å². The molecular formula is C13H14ClNPd. The van der Waals surface area contributed by atoms with Crippen LogP contribution in [-0.2, 0) is 24.7 Å². The molecule has 2 aromatic carbocycles. The van der Waals surface area contributed by atoms with Gasteiger partial charge >= 0.3 is 27.7 Å². The fraction of sp³-hybridized carbons (Fsp3) is 0.231. The molecule has 0 N–H and O–H groups in total. The van der Waals surface area contributed by atoms with Crippen molar-refractivity contribution in [2.75, 3.05) is 14.1 Å². The summed E-state index contributed by atoms with van der Waals surface area (Å²) in [7, 11) is 8.66. The molecule has 0 saturated heterocycles. The molecule has 0 spiro atoms. The van der Waals surface area contributed by atoms with Crippen molar-refractivity contribution in [2.45, 2.75) is 6.54 Å². The van der Waals surface area contributed by atoms with E-state index in [1.165, 1.54) is 16.3 Å². The van der Waals surface area contributed by atoms with Crippen LogP contribution in [0.25, 0.3) is 10.8 Å². The summed E-state index contributed by atoms with van der Waals surface area (Å²) in [4.78, 5) is 2.17. The van der Waals surface area contributed by atoms with Crippen molar-refractivity contribution in [3.8, 4) is 0 Å². The van der Waals surface area contributed by atoms with Crippen LogP contribution in [0, 0.1) is 6.07 Å². The summed E-state index contributed by atoms with van der Waals surface area (Å²) in [5.74, 6) is 0. The Morgan fingerprint density at radius 3 is 2.62 bits per heavy atom. The molecule has 0 heterocycles. The van der Waals surface area contributed by atoms with Crippen LogP contribution in [0.2, 0.25) is 0 Å². The number of fused-ring (bicyclic) bond motifs is 1. The zero-order chi connectivity index (χ0) is 12.0. The van der Waals surface area contributed by atoms with Crippen LogP contribution in [0.5, 0.6) is 0 Å². The molecule has 0 saturated carbocycles. The molecule has 0 aliphatic carbocycles. The molecule has 16 heavy (non-hydrogen) atoms. The van der Waals surface area contributed by atoms with Gasteiger partial charge in [-0.3, -0.25) is 0 Å². The molecule has 0 amide bonds. The van der Waals surface area contributed by atoms with Gasteiger partial charge in [0, 0.05) is 6.54 Å². The topological polar surface area (TPSA) is 3.24 Å². The van der Waals surface area contributed by atoms with Gasteiger partial charge in [0.2, 0.25) is 0 Å². The van der Waals surface area contributed by atoms with Crippen molar-refractivity contribution in [3.05, 3.63) is 48.0 Å². The van der Waals surface area contributed by atoms with E-state index >= 15 is 0 Å². The number of halogens is 1. The monoisotopic (exact) mass is 325 g/mol. The van der Waals surface area contributed by atoms with Gasteiger partial charge in [-0.15, -0.1) is 16.8 Å². The maximum atomic E-state index is 4.49. The van der Waals surface area contributed by atoms with Gasteiger partial charge in [0.15, 0.2) is 0 Å². The Balaban J connectivity index is 0.000000606. The standard InChI is InChI=1S/C13H14N.ClH.Pd/c1-14(2)10-11-7-8-12-5-3-4-6-13(12)9-11;;/h3,5-9H,10H2,1-2H3;1H;/q-1;;+2/p-1. The zero-order valence-electron chi connectivity index (χ0n) is 9.31. The molecule has 0 aromatic heterocycles. The van der Waals surface area contributed by atoms with Gasteiger partial charge in [0.25, 0.3) is 0 Å². The van der Waals surface area contributed by atoms with Crippen molar-refractivity contribution >= 4 is 20.3 Å². The third kappa shape index (κ3) is 3.88. The van der Waals surface area contributed by atoms with Gasteiger partial charge in [-0.1, -0.05) is 12.1 Å². The van der Waals surface area contributed by atoms with Gasteiger partial charge in [-0.05, 0) is 19.7 Å². The second kappa shape index (κ2) is 7.04. The molecule has 2 rings (SSSR count). The number of benzene rings is 2. The number of rotatable bonds is 2. The number of hydrogen-bond acceptors (Lipinski definition) is 1. The fourth-order valence-corrected chi connectivity index (χ4v) is 1.64. The SMILES string of the molecule is CN(C)Cc1ccc2cc[c-]cc2c1.[Cl][Pd+]. The summed E-state index contributed by atoms with van der Waals surface area (Å²) in [6.07, 6.45) is 0. The third-order valence-electron chi connectivity index (χ3n) is 2.25. The zero-order valence-corrected chi connectivity index (χ0v) is 11.6. The summed E-state index contributed by atoms with van der Waals surface area (Å²) in [6.45, 7) is 0.991. The van der Waals surface area contributed by atoms with Gasteiger partial charge < -0.3 is 4.90 Å². The van der Waals surface area contributed by atoms with Crippen LogP contribution < -0.4 is 0 Å². The van der Waals surface area contributed by atoms with Gasteiger partial charge in [-0.25, -0.2) is 0 Å². The van der Waals surface area contributed by atoms with E-state index in [1.54, 1.807) is 0 Å². The maximum absolute atomic E-state index is 4.49. The van der Waals surface area contributed by atoms with Crippen molar-refractivity contribution in [1.82, 2.24) is 4.90 Å². The average molecular weight is 326 g/mol. The Morgan fingerprint density at radius 2 is 1.94 bits per heavy atom. The summed E-state index contributed by atoms with van der Waals surface area (Å²) in [5.41, 5.74) is 1.35. The molecule has 0 aliphatic rings. The van der Waals surface area contributed by atoms with E-state index < -0.39 is 0 Å². The van der Waals surface area contributed by atoms with Crippen molar-refractivity contribution in [2.24, 2.45) is 0 Å². The van der Waals surface area contributed by atoms with Crippen molar-refractivity contribution < 1.29 is 18.2 Å². The minimum absolute atomic E-state index is 0.991. The van der Waals surface area contributed by atoms with E-state index in [0.717, 1.165) is 6.54 Å². The van der Waals surface area contributed by atoms with E-state index in [-0.39, 0.29) is 0 Å². The number of nitrogens with zero attached hydrogens (tertiary/aromatic N) is 1. The summed E-state index contributed by atoms with van der Waals surface area (Å²) >= 11 is 2.22. The Hall–Kier alpha value is -0.388. The molecule has 0 atom stereocenters. The van der Waals surface area contributed by atoms with Crippen LogP contribution in [0.1, 0.15) is 5.56 Å². The number of hydrogen-bond donors (Lipinski definition) is 0. The summed E-state index contributed by atoms with van der Waals surface area (Å²) in [6, 6.07) is 15.8. The van der Waals surface area contributed by atoms with Crippen LogP contribution in [-0.4, -0.2) is 19.0 Å². The van der Waals surface area contributed by atoms with E-state index in [4.69, 9.17) is 0 Å². The quantitative estimate of drug-likeness (QED) is 0.604. The molecule has 1 nitrogen and oxygen atoms in total. The van der Waals surface area contributed by atoms with E-state index in [2.05, 4.69) is 77.0 Å². The van der Waals surface area contributed by atoms with Gasteiger partial charge in [-0.2, -0.15) is 24.3 Å². The van der Waals surface area contributed by atoms with Gasteiger partial charge in [0.05, 0.1) is 0 Å². The third-order valence-corrected chi connectivity index (χ3v) is 2.25. The predicted octanol–water partition coefficient (Wildman–Crippen LogP) is 3.39. The molecule has 0 unspecified atom stereocenters. The van der Waals surface area contributed by atoms with Gasteiger partial charge in [0.1, 0.15) is 0 Å². The second-order valence-electron chi connectivity index (χ2n) is 3.85. The minimum atomic E-state index is 0.991. The molecule has 2 aromatic rings. The molecular weight excluding hydrogens is 312 g/mol. The van der Waals surface area contributed by atoms with E-state index in [9.17, 15) is 0 Å². The van der Waals surface area contributed by atoms with Crippen LogP contribution in [0.3, 0.4) is 0 Å². The first kappa shape index (κ1) is 13.7. The van der Waals surface area contributed by atoms with Crippen LogP contribution in [0.15, 0.2) is 36.4 Å². The molecule has 0 bridgehead atoms. The second-order valence-corrected chi connectivity index (χ2v) is 3.85. The Morgan fingerprint density at radius 1 is 1.19 bits per heavy atom. The predicted molar refractivity (Wildman–Crippen MR) is 66.0 cm³/mol. The fourth-order valence-electron chi connectivity index (χ4n) is 1.64. The average Bonchev–Trinajstić information content (AvgIpc) is 2.31.